The maximum atomic E-state index is 12.0. The summed E-state index contributed by atoms with van der Waals surface area (Å²) in [4.78, 5) is 0. The van der Waals surface area contributed by atoms with E-state index in [1.54, 1.807) is 0 Å². The molecule has 0 aromatic rings. The van der Waals surface area contributed by atoms with Gasteiger partial charge in [-0.15, -0.1) is 0 Å². The van der Waals surface area contributed by atoms with Crippen LogP contribution in [-0.4, -0.2) is 14.5 Å². The molecule has 1 aliphatic heterocycles. The molecule has 1 fully saturated rings. The van der Waals surface area contributed by atoms with E-state index in [4.69, 9.17) is 0 Å². The second-order valence-corrected chi connectivity index (χ2v) is 4.56. The summed E-state index contributed by atoms with van der Waals surface area (Å²) in [5.74, 6) is 0. The molecule has 1 saturated heterocycles. The Morgan fingerprint density at radius 1 is 1.25 bits per heavy atom. The Morgan fingerprint density at radius 3 is 1.75 bits per heavy atom. The lowest BCUT2D eigenvalue weighted by atomic mass is 10.8. The molecule has 8 heavy (non-hydrogen) atoms. The first kappa shape index (κ1) is 6.77. The SMILES string of the molecule is FC1SC(=S)SC1F. The molecule has 0 aliphatic carbocycles. The molecule has 46 valence electrons. The molecule has 1 aliphatic rings. The Hall–Kier alpha value is 0.650. The van der Waals surface area contributed by atoms with Gasteiger partial charge < -0.3 is 0 Å². The van der Waals surface area contributed by atoms with Crippen LogP contribution in [0.3, 0.4) is 0 Å². The quantitative estimate of drug-likeness (QED) is 0.515. The number of thioether (sulfide) groups is 2. The molecule has 0 spiro atoms. The van der Waals surface area contributed by atoms with Gasteiger partial charge in [0.2, 0.25) is 0 Å². The van der Waals surface area contributed by atoms with Crippen LogP contribution < -0.4 is 0 Å². The third kappa shape index (κ3) is 1.33. The van der Waals surface area contributed by atoms with Crippen LogP contribution in [0, 0.1) is 0 Å². The van der Waals surface area contributed by atoms with Gasteiger partial charge in [-0.05, 0) is 0 Å². The van der Waals surface area contributed by atoms with Gasteiger partial charge in [0.25, 0.3) is 0 Å². The van der Waals surface area contributed by atoms with Crippen LogP contribution >= 0.6 is 35.7 Å². The molecular weight excluding hydrogens is 170 g/mol. The first-order valence-corrected chi connectivity index (χ1v) is 4.02. The Kier molecular flexibility index (Phi) is 2.11. The predicted molar refractivity (Wildman–Crippen MR) is 37.6 cm³/mol. The van der Waals surface area contributed by atoms with Gasteiger partial charge in [0.05, 0.1) is 0 Å². The molecule has 5 heteroatoms. The molecule has 0 amide bonds. The van der Waals surface area contributed by atoms with Crippen molar-refractivity contribution in [3.05, 3.63) is 0 Å². The van der Waals surface area contributed by atoms with Crippen LogP contribution in [0.15, 0.2) is 0 Å². The number of hydrogen-bond donors (Lipinski definition) is 0. The van der Waals surface area contributed by atoms with Crippen LogP contribution in [0.4, 0.5) is 8.78 Å². The Labute approximate surface area is 59.4 Å². The summed E-state index contributed by atoms with van der Waals surface area (Å²) in [6.45, 7) is 0. The summed E-state index contributed by atoms with van der Waals surface area (Å²) >= 11 is 6.08. The van der Waals surface area contributed by atoms with Gasteiger partial charge in [0.1, 0.15) is 3.53 Å². The molecule has 1 heterocycles. The van der Waals surface area contributed by atoms with E-state index in [2.05, 4.69) is 12.2 Å². The van der Waals surface area contributed by atoms with E-state index in [0.29, 0.717) is 3.53 Å². The normalized spacial score (nSPS) is 38.5. The first-order chi connectivity index (χ1) is 3.70. The number of halogens is 2. The predicted octanol–water partition coefficient (Wildman–Crippen LogP) is 2.34. The van der Waals surface area contributed by atoms with Gasteiger partial charge in [0.15, 0.2) is 11.0 Å². The van der Waals surface area contributed by atoms with Crippen molar-refractivity contribution in [3.8, 4) is 0 Å². The second kappa shape index (κ2) is 2.49. The summed E-state index contributed by atoms with van der Waals surface area (Å²) < 4.78 is 24.5. The molecule has 0 bridgehead atoms. The third-order valence-corrected chi connectivity index (χ3v) is 3.26. The molecular formula is C3H2F2S3. The van der Waals surface area contributed by atoms with E-state index in [0.717, 1.165) is 23.5 Å². The second-order valence-electron chi connectivity index (χ2n) is 1.19. The van der Waals surface area contributed by atoms with Gasteiger partial charge in [-0.1, -0.05) is 35.7 Å². The number of alkyl halides is 2. The van der Waals surface area contributed by atoms with E-state index in [9.17, 15) is 8.78 Å². The van der Waals surface area contributed by atoms with Gasteiger partial charge in [-0.2, -0.15) is 0 Å². The topological polar surface area (TPSA) is 0 Å². The molecule has 1 rings (SSSR count). The lowest BCUT2D eigenvalue weighted by Gasteiger charge is -1.93. The fraction of sp³-hybridized carbons (Fsp3) is 0.667. The van der Waals surface area contributed by atoms with Crippen molar-refractivity contribution >= 4 is 39.3 Å². The third-order valence-electron chi connectivity index (χ3n) is 0.624. The van der Waals surface area contributed by atoms with Gasteiger partial charge in [0, 0.05) is 0 Å². The fourth-order valence-corrected chi connectivity index (χ4v) is 2.56. The van der Waals surface area contributed by atoms with Crippen molar-refractivity contribution in [1.29, 1.82) is 0 Å². The average molecular weight is 172 g/mol. The summed E-state index contributed by atoms with van der Waals surface area (Å²) in [5, 5.41) is 0. The maximum Gasteiger partial charge on any atom is 0.192 e. The molecule has 0 aromatic heterocycles. The molecule has 0 saturated carbocycles. The highest BCUT2D eigenvalue weighted by Gasteiger charge is 2.32. The van der Waals surface area contributed by atoms with E-state index < -0.39 is 11.0 Å². The van der Waals surface area contributed by atoms with Crippen molar-refractivity contribution in [2.45, 2.75) is 11.0 Å². The van der Waals surface area contributed by atoms with Crippen LogP contribution in [-0.2, 0) is 0 Å². The molecule has 2 unspecified atom stereocenters. The summed E-state index contributed by atoms with van der Waals surface area (Å²) in [6.07, 6.45) is 0. The Morgan fingerprint density at radius 2 is 1.62 bits per heavy atom. The summed E-state index contributed by atoms with van der Waals surface area (Å²) in [6, 6.07) is 0. The molecule has 0 N–H and O–H groups in total. The lowest BCUT2D eigenvalue weighted by Crippen LogP contribution is -2.00. The van der Waals surface area contributed by atoms with E-state index in [-0.39, 0.29) is 0 Å². The van der Waals surface area contributed by atoms with Gasteiger partial charge in [-0.25, -0.2) is 8.78 Å². The minimum absolute atomic E-state index is 0.366. The highest BCUT2D eigenvalue weighted by atomic mass is 32.2. The lowest BCUT2D eigenvalue weighted by molar-refractivity contribution is 0.322. The smallest absolute Gasteiger partial charge is 0.192 e. The minimum Gasteiger partial charge on any atom is -0.231 e. The zero-order valence-electron chi connectivity index (χ0n) is 3.64. The van der Waals surface area contributed by atoms with Crippen LogP contribution in [0.2, 0.25) is 0 Å². The van der Waals surface area contributed by atoms with Crippen LogP contribution in [0.25, 0.3) is 0 Å². The van der Waals surface area contributed by atoms with Crippen LogP contribution in [0.1, 0.15) is 0 Å². The Balaban J connectivity index is 2.51. The van der Waals surface area contributed by atoms with Gasteiger partial charge in [-0.3, -0.25) is 0 Å². The number of rotatable bonds is 0. The van der Waals surface area contributed by atoms with Gasteiger partial charge >= 0.3 is 0 Å². The van der Waals surface area contributed by atoms with E-state index >= 15 is 0 Å². The van der Waals surface area contributed by atoms with Crippen LogP contribution in [0.5, 0.6) is 0 Å². The molecule has 0 radical (unpaired) electrons. The van der Waals surface area contributed by atoms with Crippen molar-refractivity contribution < 1.29 is 8.78 Å². The van der Waals surface area contributed by atoms with Crippen molar-refractivity contribution in [2.24, 2.45) is 0 Å². The van der Waals surface area contributed by atoms with Crippen molar-refractivity contribution in [2.75, 3.05) is 0 Å². The number of thiocarbonyl (C=S) groups is 1. The summed E-state index contributed by atoms with van der Waals surface area (Å²) in [5.41, 5.74) is -2.88. The molecule has 0 nitrogen and oxygen atoms in total. The van der Waals surface area contributed by atoms with Crippen molar-refractivity contribution in [3.63, 3.8) is 0 Å². The molecule has 0 aromatic carbocycles. The van der Waals surface area contributed by atoms with Crippen molar-refractivity contribution in [1.82, 2.24) is 0 Å². The highest BCUT2D eigenvalue weighted by molar-refractivity contribution is 8.49. The summed E-state index contributed by atoms with van der Waals surface area (Å²) in [7, 11) is 0. The maximum absolute atomic E-state index is 12.0. The molecule has 2 atom stereocenters. The van der Waals surface area contributed by atoms with E-state index in [1.165, 1.54) is 0 Å². The largest absolute Gasteiger partial charge is 0.231 e. The van der Waals surface area contributed by atoms with E-state index in [1.807, 2.05) is 0 Å². The zero-order valence-corrected chi connectivity index (χ0v) is 6.08. The minimum atomic E-state index is -1.44. The monoisotopic (exact) mass is 172 g/mol. The average Bonchev–Trinajstić information content (AvgIpc) is 1.85. The standard InChI is InChI=1S/C3H2F2S3/c4-1-2(5)8-3(6)7-1/h1-2H. The highest BCUT2D eigenvalue weighted by Crippen LogP contribution is 2.40. The fourth-order valence-electron chi connectivity index (χ4n) is 0.319. The zero-order chi connectivity index (χ0) is 6.15. The first-order valence-electron chi connectivity index (χ1n) is 1.85. The Bertz CT molecular complexity index is 103. The number of hydrogen-bond acceptors (Lipinski definition) is 3.